The van der Waals surface area contributed by atoms with E-state index in [1.165, 1.54) is 18.2 Å². The van der Waals surface area contributed by atoms with Gasteiger partial charge in [0.05, 0.1) is 83.3 Å². The molecule has 5 heterocycles. The smallest absolute Gasteiger partial charge is 0.202 e. The van der Waals surface area contributed by atoms with Crippen molar-refractivity contribution in [1.29, 1.82) is 0 Å². The fourth-order valence-electron chi connectivity index (χ4n) is 12.3. The molecule has 21 atom stereocenters. The van der Waals surface area contributed by atoms with E-state index in [1.807, 2.05) is 65.7 Å². The van der Waals surface area contributed by atoms with E-state index in [4.69, 9.17) is 47.4 Å². The van der Waals surface area contributed by atoms with Crippen molar-refractivity contribution in [3.05, 3.63) is 51.6 Å². The number of aromatic hydroxyl groups is 3. The Morgan fingerprint density at radius 1 is 0.587 bits per heavy atom. The van der Waals surface area contributed by atoms with Crippen molar-refractivity contribution in [2.75, 3.05) is 28.2 Å². The van der Waals surface area contributed by atoms with Crippen LogP contribution in [0.15, 0.2) is 18.2 Å². The maximum absolute atomic E-state index is 14.3. The Morgan fingerprint density at radius 3 is 1.80 bits per heavy atom. The normalized spacial score (nSPS) is 41.3. The van der Waals surface area contributed by atoms with Gasteiger partial charge in [-0.15, -0.1) is 0 Å². The summed E-state index contributed by atoms with van der Waals surface area (Å²) in [6.45, 7) is 10.8. The van der Waals surface area contributed by atoms with E-state index >= 15 is 0 Å². The van der Waals surface area contributed by atoms with E-state index < -0.39 is 144 Å². The van der Waals surface area contributed by atoms with Gasteiger partial charge in [-0.05, 0) is 88.1 Å². The first-order valence-electron chi connectivity index (χ1n) is 26.7. The summed E-state index contributed by atoms with van der Waals surface area (Å²) in [4.78, 5) is 32.4. The van der Waals surface area contributed by atoms with E-state index in [1.54, 1.807) is 13.8 Å². The van der Waals surface area contributed by atoms with Crippen LogP contribution < -0.4 is 0 Å². The number of carbonyl (C=O) groups excluding carboxylic acids is 2. The zero-order valence-electron chi connectivity index (χ0n) is 44.6. The molecule has 7 aliphatic rings. The average molecular weight is 1060 g/mol. The van der Waals surface area contributed by atoms with Gasteiger partial charge in [0.25, 0.3) is 0 Å². The molecule has 0 spiro atoms. The highest BCUT2D eigenvalue weighted by Gasteiger charge is 2.55. The first-order chi connectivity index (χ1) is 35.5. The molecular weight excluding hydrogens is 981 g/mol. The van der Waals surface area contributed by atoms with E-state index in [0.717, 1.165) is 0 Å². The third-order valence-corrected chi connectivity index (χ3v) is 16.7. The molecule has 2 aliphatic carbocycles. The number of phenolic OH excluding ortho intramolecular Hbond substituents is 3. The van der Waals surface area contributed by atoms with Crippen molar-refractivity contribution < 1.29 is 92.7 Å². The van der Waals surface area contributed by atoms with Gasteiger partial charge in [-0.3, -0.25) is 9.59 Å². The predicted octanol–water partition coefficient (Wildman–Crippen LogP) is 3.79. The standard InChI is InChI=1S/C54H78N2O19/c1-11-54(65)22-35(42-45(53(54)75-39-19-29(55(7)8)46(60)25(4)68-39)50(64)43-44(49(42)63)48(62)41-28(47(43)61)13-12-14-32(41)58)72-38-20-30(56(9)10)51(26(5)69-38)74-40-21-33(59)52(27(6)70-40)73-37-18-16-34(24(3)67-37)71-36-17-15-31(57)23(2)66-36/h12-14,23-27,29-31,33-40,46,51-53,57-60,63-65H,11,15-22H2,1-10H3/t23-,24-,25-,26-,27-,29+,30-,31-,33-,34+,35+,36-,37-,38+,39+,40+,46+,51+,52+,53-,54+/m1/s1. The number of benzene rings is 2. The van der Waals surface area contributed by atoms with E-state index in [2.05, 4.69) is 0 Å². The molecule has 0 radical (unpaired) electrons. The lowest BCUT2D eigenvalue weighted by Gasteiger charge is -2.49. The molecular formula is C54H78N2O19. The van der Waals surface area contributed by atoms with Crippen LogP contribution in [-0.2, 0) is 47.4 Å². The van der Waals surface area contributed by atoms with Crippen molar-refractivity contribution in [2.45, 2.75) is 228 Å². The summed E-state index contributed by atoms with van der Waals surface area (Å²) in [6, 6.07) is 3.19. The second-order valence-corrected chi connectivity index (χ2v) is 22.2. The Labute approximate surface area is 437 Å². The Balaban J connectivity index is 0.924. The molecule has 418 valence electrons. The highest BCUT2D eigenvalue weighted by atomic mass is 16.7. The van der Waals surface area contributed by atoms with Crippen LogP contribution in [-0.4, -0.2) is 202 Å². The molecule has 5 aliphatic heterocycles. The van der Waals surface area contributed by atoms with Gasteiger partial charge in [0.1, 0.15) is 35.6 Å². The summed E-state index contributed by atoms with van der Waals surface area (Å²) >= 11 is 0. The zero-order chi connectivity index (χ0) is 54.1. The quantitative estimate of drug-likeness (QED) is 0.120. The van der Waals surface area contributed by atoms with Crippen molar-refractivity contribution >= 4 is 11.6 Å². The molecule has 0 bridgehead atoms. The highest BCUT2D eigenvalue weighted by molar-refractivity contribution is 6.31. The van der Waals surface area contributed by atoms with E-state index in [-0.39, 0.29) is 78.7 Å². The maximum Gasteiger partial charge on any atom is 0.202 e. The highest BCUT2D eigenvalue weighted by Crippen LogP contribution is 2.58. The molecule has 75 heavy (non-hydrogen) atoms. The van der Waals surface area contributed by atoms with Gasteiger partial charge in [0, 0.05) is 67.3 Å². The monoisotopic (exact) mass is 1060 g/mol. The van der Waals surface area contributed by atoms with Gasteiger partial charge in [-0.2, -0.15) is 0 Å². The summed E-state index contributed by atoms with van der Waals surface area (Å²) in [5.74, 6) is -3.62. The molecule has 0 saturated carbocycles. The predicted molar refractivity (Wildman–Crippen MR) is 264 cm³/mol. The minimum Gasteiger partial charge on any atom is -0.507 e. The first kappa shape index (κ1) is 56.3. The number of aliphatic hydroxyl groups excluding tert-OH is 3. The van der Waals surface area contributed by atoms with Gasteiger partial charge in [-0.25, -0.2) is 0 Å². The summed E-state index contributed by atoms with van der Waals surface area (Å²) in [5.41, 5.74) is -3.69. The number of likely N-dealkylation sites (N-methyl/N-ethyl adjacent to an activating group) is 2. The number of rotatable bonds is 13. The molecule has 9 rings (SSSR count). The van der Waals surface area contributed by atoms with Gasteiger partial charge in [-0.1, -0.05) is 19.1 Å². The number of phenols is 3. The van der Waals surface area contributed by atoms with Crippen LogP contribution in [0.25, 0.3) is 0 Å². The number of hydrogen-bond acceptors (Lipinski definition) is 21. The third kappa shape index (κ3) is 10.9. The molecule has 2 aromatic carbocycles. The second-order valence-electron chi connectivity index (χ2n) is 22.2. The molecule has 21 nitrogen and oxygen atoms in total. The van der Waals surface area contributed by atoms with Crippen LogP contribution in [0.2, 0.25) is 0 Å². The molecule has 0 aromatic heterocycles. The van der Waals surface area contributed by atoms with Crippen LogP contribution in [0.5, 0.6) is 17.2 Å². The van der Waals surface area contributed by atoms with Crippen molar-refractivity contribution in [2.24, 2.45) is 0 Å². The van der Waals surface area contributed by atoms with Gasteiger partial charge < -0.3 is 92.9 Å². The number of fused-ring (bicyclic) bond motifs is 3. The Morgan fingerprint density at radius 2 is 1.15 bits per heavy atom. The minimum absolute atomic E-state index is 0.0283. The number of ether oxygens (including phenoxy) is 10. The molecule has 7 N–H and O–H groups in total. The SMILES string of the molecule is CC[C@]1(O)C[C@H](O[C@H]2C[C@@H](N(C)C)[C@@H](O[C@H]3C[C@@H](O)[C@@H](O[C@@H]4CC[C@H](O[C@@H]5CC[C@@H](O)[C@@H](C)O5)[C@@H](C)O4)[C@@H](C)O3)[C@@H](C)O2)c2c(O)c3c(c(O)c2[C@H]1O[C@H]1C[C@H](N(C)C)[C@@H](O)[C@@H](C)O1)C(=O)c1cccc(O)c1C3=O. The zero-order valence-corrected chi connectivity index (χ0v) is 44.6. The largest absolute Gasteiger partial charge is 0.507 e. The minimum atomic E-state index is -1.85. The summed E-state index contributed by atoms with van der Waals surface area (Å²) < 4.78 is 63.8. The lowest BCUT2D eigenvalue weighted by atomic mass is 9.70. The average Bonchev–Trinajstić information content (AvgIpc) is 3.37. The summed E-state index contributed by atoms with van der Waals surface area (Å²) in [6.07, 6.45) is -10.6. The lowest BCUT2D eigenvalue weighted by Crippen LogP contribution is -2.58. The Hall–Kier alpha value is -3.46. The number of nitrogens with zero attached hydrogens (tertiary/aromatic N) is 2. The Kier molecular flexibility index (Phi) is 16.8. The fraction of sp³-hybridized carbons (Fsp3) is 0.741. The molecule has 21 heteroatoms. The Bertz CT molecular complexity index is 2380. The molecule has 5 saturated heterocycles. The number of ketones is 2. The number of aliphatic hydroxyl groups is 4. The van der Waals surface area contributed by atoms with Crippen LogP contribution in [0.1, 0.15) is 155 Å². The van der Waals surface area contributed by atoms with Crippen LogP contribution in [0, 0.1) is 0 Å². The second kappa shape index (κ2) is 22.4. The van der Waals surface area contributed by atoms with Crippen LogP contribution >= 0.6 is 0 Å². The van der Waals surface area contributed by atoms with Crippen LogP contribution in [0.3, 0.4) is 0 Å². The fourth-order valence-corrected chi connectivity index (χ4v) is 12.3. The maximum atomic E-state index is 14.3. The topological polar surface area (TPSA) is 275 Å². The van der Waals surface area contributed by atoms with Gasteiger partial charge in [0.2, 0.25) is 5.78 Å². The van der Waals surface area contributed by atoms with Gasteiger partial charge >= 0.3 is 0 Å². The molecule has 0 amide bonds. The van der Waals surface area contributed by atoms with Crippen LogP contribution in [0.4, 0.5) is 0 Å². The summed E-state index contributed by atoms with van der Waals surface area (Å²) in [7, 11) is 7.37. The van der Waals surface area contributed by atoms with E-state index in [9.17, 15) is 45.3 Å². The third-order valence-electron chi connectivity index (χ3n) is 16.7. The van der Waals surface area contributed by atoms with Crippen molar-refractivity contribution in [3.8, 4) is 17.2 Å². The van der Waals surface area contributed by atoms with Crippen molar-refractivity contribution in [1.82, 2.24) is 9.80 Å². The summed E-state index contributed by atoms with van der Waals surface area (Å²) in [5, 5.41) is 81.1. The first-order valence-corrected chi connectivity index (χ1v) is 26.7. The lowest BCUT2D eigenvalue weighted by molar-refractivity contribution is -0.333. The van der Waals surface area contributed by atoms with Crippen molar-refractivity contribution in [3.63, 3.8) is 0 Å². The molecule has 2 aromatic rings. The number of carbonyl (C=O) groups is 2. The molecule has 5 fully saturated rings. The molecule has 0 unspecified atom stereocenters. The van der Waals surface area contributed by atoms with Gasteiger partial charge in [0.15, 0.2) is 37.2 Å². The number of hydrogen-bond donors (Lipinski definition) is 7. The van der Waals surface area contributed by atoms with E-state index in [0.29, 0.717) is 25.7 Å².